The average Bonchev–Trinajstić information content (AvgIpc) is 2.98. The van der Waals surface area contributed by atoms with Gasteiger partial charge in [0.05, 0.1) is 29.4 Å². The topological polar surface area (TPSA) is 81.8 Å². The molecule has 0 aliphatic heterocycles. The number of methoxy groups -OCH3 is 1. The molecule has 3 N–H and O–H groups in total. The second kappa shape index (κ2) is 6.27. The van der Waals surface area contributed by atoms with Crippen LogP contribution >= 0.6 is 12.2 Å². The van der Waals surface area contributed by atoms with Crippen molar-refractivity contribution in [1.29, 1.82) is 0 Å². The maximum Gasteiger partial charge on any atom is 0.199 e. The van der Waals surface area contributed by atoms with Gasteiger partial charge in [-0.2, -0.15) is 0 Å². The van der Waals surface area contributed by atoms with Gasteiger partial charge in [-0.05, 0) is 54.2 Å². The van der Waals surface area contributed by atoms with Gasteiger partial charge in [-0.15, -0.1) is 0 Å². The zero-order valence-electron chi connectivity index (χ0n) is 14.4. The summed E-state index contributed by atoms with van der Waals surface area (Å²) in [5.41, 5.74) is 10.6. The molecule has 2 aromatic carbocycles. The third-order valence-corrected chi connectivity index (χ3v) is 4.54. The van der Waals surface area contributed by atoms with Crippen LogP contribution in [-0.2, 0) is 7.05 Å². The maximum atomic E-state index is 6.26. The molecule has 0 saturated carbocycles. The van der Waals surface area contributed by atoms with Crippen LogP contribution in [0.15, 0.2) is 48.5 Å². The van der Waals surface area contributed by atoms with Crippen LogP contribution in [0.2, 0.25) is 0 Å². The van der Waals surface area contributed by atoms with Gasteiger partial charge >= 0.3 is 0 Å². The summed E-state index contributed by atoms with van der Waals surface area (Å²) in [5.74, 6) is 1.85. The van der Waals surface area contributed by atoms with E-state index < -0.39 is 0 Å². The highest BCUT2D eigenvalue weighted by Crippen LogP contribution is 2.35. The molecule has 0 aliphatic carbocycles. The first-order valence-corrected chi connectivity index (χ1v) is 8.45. The van der Waals surface area contributed by atoms with E-state index in [1.165, 1.54) is 0 Å². The number of nitrogens with zero attached hydrogens (tertiary/aromatic N) is 3. The van der Waals surface area contributed by atoms with Gasteiger partial charge in [0, 0.05) is 7.05 Å². The van der Waals surface area contributed by atoms with Crippen molar-refractivity contribution < 1.29 is 4.74 Å². The van der Waals surface area contributed by atoms with Gasteiger partial charge in [-0.25, -0.2) is 9.97 Å². The van der Waals surface area contributed by atoms with Crippen LogP contribution in [0.25, 0.3) is 33.7 Å². The number of hydrogen-bond acceptors (Lipinski definition) is 5. The number of aryl methyl sites for hydroxylation is 1. The van der Waals surface area contributed by atoms with Gasteiger partial charge in [0.15, 0.2) is 4.77 Å². The van der Waals surface area contributed by atoms with E-state index in [4.69, 9.17) is 27.7 Å². The number of fused-ring (bicyclic) bond motifs is 1. The zero-order chi connectivity index (χ0) is 18.3. The van der Waals surface area contributed by atoms with Crippen LogP contribution in [0.4, 0.5) is 5.82 Å². The lowest BCUT2D eigenvalue weighted by atomic mass is 10.1. The Hall–Kier alpha value is -3.19. The normalized spacial score (nSPS) is 11.0. The summed E-state index contributed by atoms with van der Waals surface area (Å²) in [6.45, 7) is 0. The van der Waals surface area contributed by atoms with Crippen molar-refractivity contribution in [3.8, 4) is 28.4 Å². The van der Waals surface area contributed by atoms with E-state index in [0.29, 0.717) is 10.6 Å². The number of anilines is 1. The minimum atomic E-state index is 0.329. The standard InChI is InChI=1S/C19H17N5OS/c1-24-14-6-4-3-5-13(14)21-18(24)15-16(22-19(26)23-17(15)20)11-7-9-12(25-2)10-8-11/h3-10H,1-2H3,(H3,20,22,23,26). The lowest BCUT2D eigenvalue weighted by Crippen LogP contribution is -2.04. The molecular weight excluding hydrogens is 346 g/mol. The number of hydrogen-bond donors (Lipinski definition) is 2. The summed E-state index contributed by atoms with van der Waals surface area (Å²) >= 11 is 5.24. The minimum Gasteiger partial charge on any atom is -0.497 e. The molecule has 0 fully saturated rings. The van der Waals surface area contributed by atoms with E-state index in [1.54, 1.807) is 7.11 Å². The first-order chi connectivity index (χ1) is 12.6. The summed E-state index contributed by atoms with van der Waals surface area (Å²) in [4.78, 5) is 12.2. The Balaban J connectivity index is 2.01. The SMILES string of the molecule is COc1ccc(-c2[nH]c(=S)nc(N)c2-c2nc3ccccc3n2C)cc1. The molecule has 4 aromatic rings. The van der Waals surface area contributed by atoms with E-state index in [-0.39, 0.29) is 0 Å². The molecule has 7 heteroatoms. The molecule has 130 valence electrons. The Morgan fingerprint density at radius 2 is 1.81 bits per heavy atom. The number of para-hydroxylation sites is 2. The number of aromatic amines is 1. The van der Waals surface area contributed by atoms with Gasteiger partial charge in [0.2, 0.25) is 0 Å². The van der Waals surface area contributed by atoms with Gasteiger partial charge < -0.3 is 20.0 Å². The van der Waals surface area contributed by atoms with Gasteiger partial charge in [0.1, 0.15) is 17.4 Å². The number of H-pyrrole nitrogens is 1. The number of nitrogen functional groups attached to an aromatic ring is 1. The Kier molecular flexibility index (Phi) is 3.93. The molecule has 6 nitrogen and oxygen atoms in total. The number of nitrogens with one attached hydrogen (secondary N) is 1. The van der Waals surface area contributed by atoms with Crippen LogP contribution in [0.1, 0.15) is 0 Å². The van der Waals surface area contributed by atoms with Gasteiger partial charge in [0.25, 0.3) is 0 Å². The summed E-state index contributed by atoms with van der Waals surface area (Å²) in [6.07, 6.45) is 0. The fourth-order valence-electron chi connectivity index (χ4n) is 3.06. The average molecular weight is 363 g/mol. The molecule has 0 amide bonds. The number of benzene rings is 2. The van der Waals surface area contributed by atoms with Crippen LogP contribution in [0.5, 0.6) is 5.75 Å². The van der Waals surface area contributed by atoms with E-state index in [0.717, 1.165) is 39.4 Å². The van der Waals surface area contributed by atoms with Crippen LogP contribution in [0, 0.1) is 4.77 Å². The molecule has 4 rings (SSSR count). The molecule has 0 atom stereocenters. The first-order valence-electron chi connectivity index (χ1n) is 8.04. The number of rotatable bonds is 3. The number of ether oxygens (including phenoxy) is 1. The number of nitrogens with two attached hydrogens (primary N) is 1. The third-order valence-electron chi connectivity index (χ3n) is 4.35. The van der Waals surface area contributed by atoms with Crippen molar-refractivity contribution in [2.24, 2.45) is 7.05 Å². The molecule has 26 heavy (non-hydrogen) atoms. The number of imidazole rings is 1. The van der Waals surface area contributed by atoms with Crippen molar-refractivity contribution in [3.05, 3.63) is 53.3 Å². The molecule has 0 saturated heterocycles. The lowest BCUT2D eigenvalue weighted by molar-refractivity contribution is 0.415. The van der Waals surface area contributed by atoms with Crippen molar-refractivity contribution in [2.45, 2.75) is 0 Å². The smallest absolute Gasteiger partial charge is 0.199 e. The molecule has 0 spiro atoms. The first kappa shape index (κ1) is 16.3. The molecule has 2 aromatic heterocycles. The van der Waals surface area contributed by atoms with E-state index in [2.05, 4.69) is 9.97 Å². The Bertz CT molecular complexity index is 1160. The highest BCUT2D eigenvalue weighted by atomic mass is 32.1. The zero-order valence-corrected chi connectivity index (χ0v) is 15.2. The molecule has 0 aliphatic rings. The highest BCUT2D eigenvalue weighted by Gasteiger charge is 2.19. The maximum absolute atomic E-state index is 6.26. The van der Waals surface area contributed by atoms with Gasteiger partial charge in [-0.1, -0.05) is 12.1 Å². The van der Waals surface area contributed by atoms with E-state index >= 15 is 0 Å². The molecular formula is C19H17N5OS. The Morgan fingerprint density at radius 3 is 2.50 bits per heavy atom. The minimum absolute atomic E-state index is 0.329. The Morgan fingerprint density at radius 1 is 1.08 bits per heavy atom. The molecule has 0 unspecified atom stereocenters. The van der Waals surface area contributed by atoms with E-state index in [9.17, 15) is 0 Å². The quantitative estimate of drug-likeness (QED) is 0.539. The largest absolute Gasteiger partial charge is 0.497 e. The van der Waals surface area contributed by atoms with Crippen LogP contribution < -0.4 is 10.5 Å². The van der Waals surface area contributed by atoms with Crippen LogP contribution in [0.3, 0.4) is 0 Å². The van der Waals surface area contributed by atoms with E-state index in [1.807, 2.05) is 60.1 Å². The summed E-state index contributed by atoms with van der Waals surface area (Å²) in [6, 6.07) is 15.6. The van der Waals surface area contributed by atoms with Crippen molar-refractivity contribution in [2.75, 3.05) is 12.8 Å². The second-order valence-electron chi connectivity index (χ2n) is 5.89. The van der Waals surface area contributed by atoms with Crippen molar-refractivity contribution >= 4 is 29.1 Å². The molecule has 2 heterocycles. The van der Waals surface area contributed by atoms with Crippen molar-refractivity contribution in [1.82, 2.24) is 19.5 Å². The lowest BCUT2D eigenvalue weighted by Gasteiger charge is -2.12. The molecule has 0 bridgehead atoms. The van der Waals surface area contributed by atoms with Crippen LogP contribution in [-0.4, -0.2) is 26.6 Å². The predicted molar refractivity (Wildman–Crippen MR) is 106 cm³/mol. The fourth-order valence-corrected chi connectivity index (χ4v) is 3.26. The highest BCUT2D eigenvalue weighted by molar-refractivity contribution is 7.71. The third kappa shape index (κ3) is 2.62. The monoisotopic (exact) mass is 363 g/mol. The van der Waals surface area contributed by atoms with Gasteiger partial charge in [-0.3, -0.25) is 0 Å². The summed E-state index contributed by atoms with van der Waals surface area (Å²) in [7, 11) is 3.60. The summed E-state index contributed by atoms with van der Waals surface area (Å²) in [5, 5.41) is 0. The molecule has 0 radical (unpaired) electrons. The number of aromatic nitrogens is 4. The summed E-state index contributed by atoms with van der Waals surface area (Å²) < 4.78 is 7.58. The second-order valence-corrected chi connectivity index (χ2v) is 6.28. The predicted octanol–water partition coefficient (Wildman–Crippen LogP) is 3.95. The fraction of sp³-hybridized carbons (Fsp3) is 0.105. The Labute approximate surface area is 155 Å². The van der Waals surface area contributed by atoms with Crippen molar-refractivity contribution in [3.63, 3.8) is 0 Å².